The second kappa shape index (κ2) is 5.22. The van der Waals surface area contributed by atoms with Crippen LogP contribution in [0.2, 0.25) is 0 Å². The van der Waals surface area contributed by atoms with Crippen molar-refractivity contribution in [2.75, 3.05) is 19.0 Å². The molecule has 0 fully saturated rings. The highest BCUT2D eigenvalue weighted by Gasteiger charge is 1.92. The Kier molecular flexibility index (Phi) is 3.92. The van der Waals surface area contributed by atoms with Crippen LogP contribution in [0.4, 0.5) is 10.1 Å². The van der Waals surface area contributed by atoms with E-state index in [2.05, 4.69) is 0 Å². The van der Waals surface area contributed by atoms with Crippen LogP contribution in [-0.2, 0) is 0 Å². The summed E-state index contributed by atoms with van der Waals surface area (Å²) >= 11 is 0. The van der Waals surface area contributed by atoms with Gasteiger partial charge in [-0.05, 0) is 23.8 Å². The van der Waals surface area contributed by atoms with Crippen LogP contribution in [0.1, 0.15) is 5.56 Å². The average Bonchev–Trinajstić information content (AvgIpc) is 2.19. The quantitative estimate of drug-likeness (QED) is 0.663. The molecular formula is C12H14FN. The van der Waals surface area contributed by atoms with Crippen molar-refractivity contribution < 1.29 is 4.39 Å². The monoisotopic (exact) mass is 191 g/mol. The average molecular weight is 191 g/mol. The number of rotatable bonds is 3. The zero-order valence-electron chi connectivity index (χ0n) is 8.44. The third-order valence-corrected chi connectivity index (χ3v) is 1.88. The van der Waals surface area contributed by atoms with Crippen LogP contribution in [-0.4, -0.2) is 14.1 Å². The van der Waals surface area contributed by atoms with Crippen molar-refractivity contribution in [1.29, 1.82) is 0 Å². The summed E-state index contributed by atoms with van der Waals surface area (Å²) in [6.45, 7) is 0. The van der Waals surface area contributed by atoms with Gasteiger partial charge >= 0.3 is 0 Å². The number of halogens is 1. The van der Waals surface area contributed by atoms with Crippen molar-refractivity contribution in [2.24, 2.45) is 0 Å². The molecule has 0 spiro atoms. The fourth-order valence-electron chi connectivity index (χ4n) is 1.09. The van der Waals surface area contributed by atoms with Crippen LogP contribution in [0.15, 0.2) is 42.7 Å². The van der Waals surface area contributed by atoms with E-state index in [4.69, 9.17) is 0 Å². The van der Waals surface area contributed by atoms with Gasteiger partial charge in [-0.25, -0.2) is 4.39 Å². The zero-order valence-corrected chi connectivity index (χ0v) is 8.44. The fraction of sp³-hybridized carbons (Fsp3) is 0.167. The second-order valence-electron chi connectivity index (χ2n) is 3.16. The van der Waals surface area contributed by atoms with Crippen molar-refractivity contribution in [3.8, 4) is 0 Å². The molecule has 74 valence electrons. The summed E-state index contributed by atoms with van der Waals surface area (Å²) in [6, 6.07) is 8.05. The Balaban J connectivity index is 2.73. The van der Waals surface area contributed by atoms with E-state index in [0.717, 1.165) is 11.3 Å². The molecule has 0 N–H and O–H groups in total. The maximum absolute atomic E-state index is 11.6. The predicted octanol–water partition coefficient (Wildman–Crippen LogP) is 3.25. The molecule has 1 aromatic rings. The van der Waals surface area contributed by atoms with Crippen molar-refractivity contribution in [1.82, 2.24) is 0 Å². The molecule has 0 aliphatic carbocycles. The summed E-state index contributed by atoms with van der Waals surface area (Å²) in [5.41, 5.74) is 2.22. The van der Waals surface area contributed by atoms with Gasteiger partial charge in [0.25, 0.3) is 0 Å². The molecule has 0 atom stereocenters. The molecule has 0 saturated heterocycles. The number of benzene rings is 1. The second-order valence-corrected chi connectivity index (χ2v) is 3.16. The standard InChI is InChI=1S/C12H14FN/c1-14(2)12-8-6-11(7-9-12)5-3-4-10-13/h3-10H,1-2H3/b5-3+,10-4+. The molecule has 14 heavy (non-hydrogen) atoms. The Morgan fingerprint density at radius 2 is 1.71 bits per heavy atom. The summed E-state index contributed by atoms with van der Waals surface area (Å²) < 4.78 is 11.6. The van der Waals surface area contributed by atoms with Crippen LogP contribution in [0.25, 0.3) is 6.08 Å². The van der Waals surface area contributed by atoms with Gasteiger partial charge in [-0.1, -0.05) is 24.3 Å². The highest BCUT2D eigenvalue weighted by atomic mass is 19.1. The van der Waals surface area contributed by atoms with E-state index in [-0.39, 0.29) is 0 Å². The summed E-state index contributed by atoms with van der Waals surface area (Å²) in [5.74, 6) is 0. The lowest BCUT2D eigenvalue weighted by Gasteiger charge is -2.11. The predicted molar refractivity (Wildman–Crippen MR) is 60.1 cm³/mol. The SMILES string of the molecule is CN(C)c1ccc(/C=C/C=C/F)cc1. The topological polar surface area (TPSA) is 3.24 Å². The maximum Gasteiger partial charge on any atom is 0.0866 e. The molecule has 0 aliphatic heterocycles. The van der Waals surface area contributed by atoms with E-state index in [1.54, 1.807) is 6.08 Å². The first kappa shape index (κ1) is 10.5. The molecule has 1 nitrogen and oxygen atoms in total. The Bertz CT molecular complexity index is 323. The van der Waals surface area contributed by atoms with E-state index in [1.165, 1.54) is 6.08 Å². The number of hydrogen-bond donors (Lipinski definition) is 0. The Labute approximate surface area is 84.2 Å². The van der Waals surface area contributed by atoms with Crippen molar-refractivity contribution in [3.63, 3.8) is 0 Å². The normalized spacial score (nSPS) is 11.4. The molecule has 1 rings (SSSR count). The highest BCUT2D eigenvalue weighted by Crippen LogP contribution is 2.12. The van der Waals surface area contributed by atoms with E-state index in [0.29, 0.717) is 6.33 Å². The molecule has 0 unspecified atom stereocenters. The number of anilines is 1. The lowest BCUT2D eigenvalue weighted by atomic mass is 10.2. The summed E-state index contributed by atoms with van der Waals surface area (Å²) in [6.07, 6.45) is 5.41. The van der Waals surface area contributed by atoms with Crippen molar-refractivity contribution in [2.45, 2.75) is 0 Å². The van der Waals surface area contributed by atoms with Gasteiger partial charge in [0.1, 0.15) is 0 Å². The Hall–Kier alpha value is -1.57. The van der Waals surface area contributed by atoms with E-state index in [1.807, 2.05) is 49.3 Å². The molecule has 1 aromatic carbocycles. The molecule has 0 radical (unpaired) electrons. The van der Waals surface area contributed by atoms with Crippen molar-refractivity contribution in [3.05, 3.63) is 48.3 Å². The first-order chi connectivity index (χ1) is 6.74. The molecule has 0 aliphatic rings. The third-order valence-electron chi connectivity index (χ3n) is 1.88. The van der Waals surface area contributed by atoms with Gasteiger partial charge in [0.05, 0.1) is 6.33 Å². The zero-order chi connectivity index (χ0) is 10.4. The van der Waals surface area contributed by atoms with Gasteiger partial charge in [-0.15, -0.1) is 0 Å². The summed E-state index contributed by atoms with van der Waals surface area (Å²) in [7, 11) is 3.99. The van der Waals surface area contributed by atoms with Crippen LogP contribution < -0.4 is 4.90 Å². The summed E-state index contributed by atoms with van der Waals surface area (Å²) in [5, 5.41) is 0. The van der Waals surface area contributed by atoms with E-state index in [9.17, 15) is 4.39 Å². The first-order valence-electron chi connectivity index (χ1n) is 4.45. The third kappa shape index (κ3) is 3.05. The van der Waals surface area contributed by atoms with Crippen LogP contribution in [0, 0.1) is 0 Å². The molecule has 0 saturated carbocycles. The lowest BCUT2D eigenvalue weighted by molar-refractivity contribution is 0.721. The Morgan fingerprint density at radius 3 is 2.21 bits per heavy atom. The van der Waals surface area contributed by atoms with Gasteiger partial charge in [0, 0.05) is 19.8 Å². The molecular weight excluding hydrogens is 177 g/mol. The van der Waals surface area contributed by atoms with Gasteiger partial charge in [0.15, 0.2) is 0 Å². The molecule has 0 aromatic heterocycles. The van der Waals surface area contributed by atoms with Gasteiger partial charge < -0.3 is 4.90 Å². The molecule has 0 bridgehead atoms. The fourth-order valence-corrected chi connectivity index (χ4v) is 1.09. The van der Waals surface area contributed by atoms with Crippen LogP contribution in [0.5, 0.6) is 0 Å². The van der Waals surface area contributed by atoms with Gasteiger partial charge in [0.2, 0.25) is 0 Å². The minimum Gasteiger partial charge on any atom is -0.378 e. The minimum atomic E-state index is 0.519. The molecule has 0 amide bonds. The van der Waals surface area contributed by atoms with Gasteiger partial charge in [-0.3, -0.25) is 0 Å². The largest absolute Gasteiger partial charge is 0.378 e. The molecule has 0 heterocycles. The van der Waals surface area contributed by atoms with Crippen molar-refractivity contribution >= 4 is 11.8 Å². The highest BCUT2D eigenvalue weighted by molar-refractivity contribution is 5.56. The smallest absolute Gasteiger partial charge is 0.0866 e. The van der Waals surface area contributed by atoms with Crippen LogP contribution >= 0.6 is 0 Å². The summed E-state index contributed by atoms with van der Waals surface area (Å²) in [4.78, 5) is 2.04. The van der Waals surface area contributed by atoms with E-state index >= 15 is 0 Å². The lowest BCUT2D eigenvalue weighted by Crippen LogP contribution is -2.07. The van der Waals surface area contributed by atoms with Gasteiger partial charge in [-0.2, -0.15) is 0 Å². The minimum absolute atomic E-state index is 0.519. The van der Waals surface area contributed by atoms with E-state index < -0.39 is 0 Å². The maximum atomic E-state index is 11.6. The molecule has 2 heteroatoms. The number of allylic oxidation sites excluding steroid dienone is 2. The van der Waals surface area contributed by atoms with Crippen LogP contribution in [0.3, 0.4) is 0 Å². The number of nitrogens with zero attached hydrogens (tertiary/aromatic N) is 1. The first-order valence-corrected chi connectivity index (χ1v) is 4.45. The number of hydrogen-bond acceptors (Lipinski definition) is 1. The Morgan fingerprint density at radius 1 is 1.07 bits per heavy atom.